The fourth-order valence-corrected chi connectivity index (χ4v) is 4.00. The Morgan fingerprint density at radius 2 is 1.78 bits per heavy atom. The minimum absolute atomic E-state index is 0.164. The third-order valence-electron chi connectivity index (χ3n) is 5.38. The number of halogens is 1. The zero-order valence-corrected chi connectivity index (χ0v) is 18.9. The van der Waals surface area contributed by atoms with Crippen LogP contribution in [0, 0.1) is 6.92 Å². The summed E-state index contributed by atoms with van der Waals surface area (Å²) in [5.74, 6) is 0.911. The molecule has 4 aromatic rings. The zero-order chi connectivity index (χ0) is 22.7. The molecule has 1 aromatic heterocycles. The van der Waals surface area contributed by atoms with Gasteiger partial charge in [-0.3, -0.25) is 4.79 Å². The largest absolute Gasteiger partial charge is 0.493 e. The summed E-state index contributed by atoms with van der Waals surface area (Å²) in [6.45, 7) is 2.42. The molecule has 0 radical (unpaired) electrons. The summed E-state index contributed by atoms with van der Waals surface area (Å²) in [5, 5.41) is 7.43. The molecule has 6 heteroatoms. The summed E-state index contributed by atoms with van der Waals surface area (Å²) in [6.07, 6.45) is 3.21. The third-order valence-corrected chi connectivity index (χ3v) is 5.78. The monoisotopic (exact) mass is 446 g/mol. The van der Waals surface area contributed by atoms with Crippen LogP contribution >= 0.6 is 11.6 Å². The zero-order valence-electron chi connectivity index (χ0n) is 18.1. The highest BCUT2D eigenvalue weighted by Gasteiger charge is 2.14. The van der Waals surface area contributed by atoms with Crippen molar-refractivity contribution in [1.82, 2.24) is 9.78 Å². The van der Waals surface area contributed by atoms with Crippen molar-refractivity contribution in [2.24, 2.45) is 0 Å². The van der Waals surface area contributed by atoms with E-state index in [2.05, 4.69) is 29.4 Å². The fraction of sp³-hybridized carbons (Fsp3) is 0.154. The number of aryl methyl sites for hydroxylation is 1. The van der Waals surface area contributed by atoms with E-state index < -0.39 is 0 Å². The van der Waals surface area contributed by atoms with Crippen LogP contribution in [0.25, 0.3) is 16.8 Å². The van der Waals surface area contributed by atoms with Crippen LogP contribution in [-0.2, 0) is 6.54 Å². The lowest BCUT2D eigenvalue weighted by Gasteiger charge is -2.08. The van der Waals surface area contributed by atoms with E-state index in [-0.39, 0.29) is 5.78 Å². The number of aromatic nitrogens is 2. The Kier molecular flexibility index (Phi) is 6.28. The molecule has 1 heterocycles. The molecule has 4 rings (SSSR count). The topological polar surface area (TPSA) is 53.3 Å². The van der Waals surface area contributed by atoms with Gasteiger partial charge >= 0.3 is 0 Å². The molecule has 0 spiro atoms. The van der Waals surface area contributed by atoms with Crippen molar-refractivity contribution in [3.8, 4) is 11.5 Å². The molecule has 0 aliphatic carbocycles. The maximum absolute atomic E-state index is 12.7. The molecule has 162 valence electrons. The second kappa shape index (κ2) is 9.28. The molecule has 32 heavy (non-hydrogen) atoms. The quantitative estimate of drug-likeness (QED) is 0.259. The number of ether oxygens (including phenoxy) is 2. The second-order valence-electron chi connectivity index (χ2n) is 7.35. The molecule has 0 aliphatic rings. The van der Waals surface area contributed by atoms with Gasteiger partial charge < -0.3 is 9.47 Å². The number of hydrogen-bond donors (Lipinski definition) is 0. The number of rotatable bonds is 7. The Balaban J connectivity index is 1.59. The lowest BCUT2D eigenvalue weighted by atomic mass is 10.0. The Hall–Kier alpha value is -3.57. The van der Waals surface area contributed by atoms with Gasteiger partial charge in [0.2, 0.25) is 0 Å². The normalized spacial score (nSPS) is 11.2. The number of fused-ring (bicyclic) bond motifs is 1. The van der Waals surface area contributed by atoms with Crippen LogP contribution in [-0.4, -0.2) is 29.8 Å². The first-order valence-corrected chi connectivity index (χ1v) is 10.5. The number of ketones is 1. The van der Waals surface area contributed by atoms with Crippen molar-refractivity contribution in [2.75, 3.05) is 14.2 Å². The van der Waals surface area contributed by atoms with Crippen molar-refractivity contribution in [3.63, 3.8) is 0 Å². The predicted molar refractivity (Wildman–Crippen MR) is 128 cm³/mol. The number of nitrogens with zero attached hydrogens (tertiary/aromatic N) is 2. The molecule has 0 fully saturated rings. The van der Waals surface area contributed by atoms with Crippen LogP contribution in [0.5, 0.6) is 11.5 Å². The average molecular weight is 447 g/mol. The number of carbonyl (C=O) groups excluding carboxylic acids is 1. The van der Waals surface area contributed by atoms with Crippen LogP contribution in [0.15, 0.2) is 66.7 Å². The first-order valence-electron chi connectivity index (χ1n) is 10.2. The summed E-state index contributed by atoms with van der Waals surface area (Å²) >= 11 is 6.65. The molecular formula is C26H23ClN2O3. The van der Waals surface area contributed by atoms with Gasteiger partial charge in [-0.25, -0.2) is 4.68 Å². The van der Waals surface area contributed by atoms with Crippen molar-refractivity contribution in [2.45, 2.75) is 13.5 Å². The Morgan fingerprint density at radius 1 is 1.03 bits per heavy atom. The maximum Gasteiger partial charge on any atom is 0.185 e. The number of hydrogen-bond acceptors (Lipinski definition) is 4. The molecule has 5 nitrogen and oxygen atoms in total. The highest BCUT2D eigenvalue weighted by molar-refractivity contribution is 6.31. The van der Waals surface area contributed by atoms with Crippen LogP contribution in [0.4, 0.5) is 0 Å². The van der Waals surface area contributed by atoms with E-state index in [1.54, 1.807) is 36.1 Å². The van der Waals surface area contributed by atoms with Gasteiger partial charge in [0.1, 0.15) is 5.15 Å². The summed E-state index contributed by atoms with van der Waals surface area (Å²) < 4.78 is 12.3. The fourth-order valence-electron chi connectivity index (χ4n) is 3.70. The van der Waals surface area contributed by atoms with Gasteiger partial charge in [-0.1, -0.05) is 54.1 Å². The van der Waals surface area contributed by atoms with E-state index in [0.29, 0.717) is 28.8 Å². The number of carbonyl (C=O) groups is 1. The van der Waals surface area contributed by atoms with Gasteiger partial charge in [0.05, 0.1) is 26.5 Å². The predicted octanol–water partition coefficient (Wildman–Crippen LogP) is 5.96. The first kappa shape index (κ1) is 21.7. The van der Waals surface area contributed by atoms with E-state index in [0.717, 1.165) is 16.8 Å². The summed E-state index contributed by atoms with van der Waals surface area (Å²) in [5.41, 5.74) is 3.10. The van der Waals surface area contributed by atoms with Gasteiger partial charge in [0.15, 0.2) is 17.3 Å². The minimum atomic E-state index is -0.164. The van der Waals surface area contributed by atoms with E-state index in [1.807, 2.05) is 25.1 Å². The number of benzene rings is 3. The molecular weight excluding hydrogens is 424 g/mol. The van der Waals surface area contributed by atoms with Gasteiger partial charge in [0.25, 0.3) is 0 Å². The first-order chi connectivity index (χ1) is 15.5. The maximum atomic E-state index is 12.7. The van der Waals surface area contributed by atoms with Crippen molar-refractivity contribution < 1.29 is 14.3 Å². The molecule has 0 amide bonds. The van der Waals surface area contributed by atoms with Gasteiger partial charge in [0, 0.05) is 11.1 Å². The van der Waals surface area contributed by atoms with E-state index in [1.165, 1.54) is 24.0 Å². The second-order valence-corrected chi connectivity index (χ2v) is 7.71. The van der Waals surface area contributed by atoms with Gasteiger partial charge in [-0.2, -0.15) is 5.10 Å². The van der Waals surface area contributed by atoms with Crippen LogP contribution in [0.1, 0.15) is 27.2 Å². The van der Waals surface area contributed by atoms with E-state index in [4.69, 9.17) is 21.1 Å². The molecule has 0 N–H and O–H groups in total. The number of methoxy groups -OCH3 is 2. The average Bonchev–Trinajstić information content (AvgIpc) is 3.09. The minimum Gasteiger partial charge on any atom is -0.493 e. The van der Waals surface area contributed by atoms with Crippen LogP contribution in [0.2, 0.25) is 5.15 Å². The van der Waals surface area contributed by atoms with E-state index in [9.17, 15) is 4.79 Å². The van der Waals surface area contributed by atoms with Crippen LogP contribution < -0.4 is 9.47 Å². The van der Waals surface area contributed by atoms with Crippen molar-refractivity contribution >= 4 is 34.2 Å². The third kappa shape index (κ3) is 4.25. The molecule has 3 aromatic carbocycles. The Morgan fingerprint density at radius 3 is 2.56 bits per heavy atom. The highest BCUT2D eigenvalue weighted by Crippen LogP contribution is 2.29. The molecule has 0 bridgehead atoms. The summed E-state index contributed by atoms with van der Waals surface area (Å²) in [4.78, 5) is 12.7. The SMILES string of the molecule is COc1ccc(C(=O)/C=C/c2c(C)nn(Cc3cccc4ccccc34)c2Cl)cc1OC. The van der Waals surface area contributed by atoms with E-state index >= 15 is 0 Å². The standard InChI is InChI=1S/C26H23ClN2O3/c1-17-21(12-13-23(30)19-11-14-24(31-2)25(15-19)32-3)26(27)29(28-17)16-20-9-6-8-18-7-4-5-10-22(18)20/h4-15H,16H2,1-3H3/b13-12+. The molecule has 0 aliphatic heterocycles. The molecule has 0 atom stereocenters. The Bertz CT molecular complexity index is 1320. The summed E-state index contributed by atoms with van der Waals surface area (Å²) in [7, 11) is 3.09. The van der Waals surface area contributed by atoms with Crippen molar-refractivity contribution in [3.05, 3.63) is 94.3 Å². The van der Waals surface area contributed by atoms with Crippen LogP contribution in [0.3, 0.4) is 0 Å². The lowest BCUT2D eigenvalue weighted by molar-refractivity contribution is 0.104. The molecule has 0 saturated heterocycles. The van der Waals surface area contributed by atoms with Gasteiger partial charge in [-0.15, -0.1) is 0 Å². The Labute approximate surface area is 191 Å². The number of allylic oxidation sites excluding steroid dienone is 1. The smallest absolute Gasteiger partial charge is 0.185 e. The lowest BCUT2D eigenvalue weighted by Crippen LogP contribution is -2.02. The molecule has 0 saturated carbocycles. The van der Waals surface area contributed by atoms with Crippen molar-refractivity contribution in [1.29, 1.82) is 0 Å². The summed E-state index contributed by atoms with van der Waals surface area (Å²) in [6, 6.07) is 19.5. The molecule has 0 unspecified atom stereocenters. The highest BCUT2D eigenvalue weighted by atomic mass is 35.5. The van der Waals surface area contributed by atoms with Gasteiger partial charge in [-0.05, 0) is 53.6 Å².